The topological polar surface area (TPSA) is 38.3 Å². The van der Waals surface area contributed by atoms with Crippen LogP contribution in [0, 0.1) is 0 Å². The summed E-state index contributed by atoms with van der Waals surface area (Å²) in [5, 5.41) is 2.80. The second-order valence-electron chi connectivity index (χ2n) is 6.91. The van der Waals surface area contributed by atoms with E-state index in [4.69, 9.17) is 17.0 Å². The van der Waals surface area contributed by atoms with Gasteiger partial charge in [0.25, 0.3) is 0 Å². The number of hydrogen-bond acceptors (Lipinski definition) is 3. The van der Waals surface area contributed by atoms with E-state index >= 15 is 0 Å². The van der Waals surface area contributed by atoms with Crippen molar-refractivity contribution in [2.45, 2.75) is 45.4 Å². The van der Waals surface area contributed by atoms with E-state index in [9.17, 15) is 4.79 Å². The number of carbonyl (C=O) groups excluding carboxylic acids is 1. The molecule has 9 heteroatoms. The number of halogens is 4. The van der Waals surface area contributed by atoms with Gasteiger partial charge in [0, 0.05) is 29.1 Å². The van der Waals surface area contributed by atoms with Crippen molar-refractivity contribution in [2.75, 3.05) is 11.9 Å². The van der Waals surface area contributed by atoms with Crippen molar-refractivity contribution >= 4 is 104 Å². The molecule has 0 amide bonds. The van der Waals surface area contributed by atoms with Gasteiger partial charge in [-0.2, -0.15) is 0 Å². The van der Waals surface area contributed by atoms with Crippen LogP contribution in [-0.2, 0) is 0 Å². The Morgan fingerprint density at radius 3 is 2.03 bits per heavy atom. The Bertz CT molecular complexity index is 936. The van der Waals surface area contributed by atoms with Crippen LogP contribution in [0.15, 0.2) is 42.2 Å². The van der Waals surface area contributed by atoms with E-state index in [0.29, 0.717) is 29.5 Å². The predicted molar refractivity (Wildman–Crippen MR) is 151 cm³/mol. The van der Waals surface area contributed by atoms with Crippen LogP contribution in [0.4, 0.5) is 5.69 Å². The fourth-order valence-electron chi connectivity index (χ4n) is 2.95. The number of hydrogen-bond donors (Lipinski definition) is 2. The van der Waals surface area contributed by atoms with Crippen molar-refractivity contribution in [1.82, 2.24) is 0 Å². The lowest BCUT2D eigenvalue weighted by molar-refractivity contribution is 0.109. The molecule has 2 rings (SSSR count). The van der Waals surface area contributed by atoms with E-state index < -0.39 is 5.12 Å². The third-order valence-electron chi connectivity index (χ3n) is 4.59. The largest absolute Gasteiger partial charge is 0.494 e. The molecule has 3 nitrogen and oxygen atoms in total. The summed E-state index contributed by atoms with van der Waals surface area (Å²) in [4.78, 5) is 12.6. The molecular weight excluding hydrogens is 694 g/mol. The van der Waals surface area contributed by atoms with Gasteiger partial charge < -0.3 is 10.1 Å². The van der Waals surface area contributed by atoms with Crippen LogP contribution in [0.25, 0.3) is 0 Å². The molecule has 0 heterocycles. The highest BCUT2D eigenvalue weighted by Crippen LogP contribution is 2.43. The minimum absolute atomic E-state index is 0.377. The van der Waals surface area contributed by atoms with Gasteiger partial charge in [-0.3, -0.25) is 4.79 Å². The number of ether oxygens (including phenoxy) is 1. The lowest BCUT2D eigenvalue weighted by Gasteiger charge is -2.17. The summed E-state index contributed by atoms with van der Waals surface area (Å²) < 4.78 is 8.53. The monoisotopic (exact) mass is 713 g/mol. The second-order valence-corrected chi connectivity index (χ2v) is 10.9. The van der Waals surface area contributed by atoms with Gasteiger partial charge in [0.2, 0.25) is 5.12 Å². The number of benzene rings is 2. The Balaban J connectivity index is 2.03. The molecule has 0 aliphatic rings. The van der Waals surface area contributed by atoms with Crippen molar-refractivity contribution < 1.29 is 9.53 Å². The van der Waals surface area contributed by atoms with Gasteiger partial charge in [-0.25, -0.2) is 0 Å². The summed E-state index contributed by atoms with van der Waals surface area (Å²) >= 11 is 23.6. The van der Waals surface area contributed by atoms with E-state index in [0.717, 1.165) is 28.9 Å². The summed E-state index contributed by atoms with van der Waals surface area (Å²) in [5.41, 5.74) is 1.73. The quantitative estimate of drug-likeness (QED) is 0.0800. The predicted octanol–water partition coefficient (Wildman–Crippen LogP) is 9.33. The highest BCUT2D eigenvalue weighted by Gasteiger charge is 2.24. The molecule has 0 saturated carbocycles. The van der Waals surface area contributed by atoms with Crippen molar-refractivity contribution in [3.63, 3.8) is 0 Å². The van der Waals surface area contributed by atoms with Crippen LogP contribution in [0.5, 0.6) is 5.75 Å². The fourth-order valence-corrected chi connectivity index (χ4v) is 6.27. The van der Waals surface area contributed by atoms with Gasteiger partial charge in [0.15, 0.2) is 0 Å². The van der Waals surface area contributed by atoms with Crippen LogP contribution < -0.4 is 10.1 Å². The number of rotatable bonds is 11. The van der Waals surface area contributed by atoms with Crippen LogP contribution in [0.1, 0.15) is 61.4 Å². The minimum atomic E-state index is -0.390. The smallest absolute Gasteiger partial charge is 0.218 e. The first-order valence-electron chi connectivity index (χ1n) is 9.91. The first-order chi connectivity index (χ1) is 14.8. The highest BCUT2D eigenvalue weighted by molar-refractivity contribution is 9.15. The summed E-state index contributed by atoms with van der Waals surface area (Å²) in [5.74, 6) is 0.826. The first-order valence-corrected chi connectivity index (χ1v) is 13.9. The molecule has 0 bridgehead atoms. The Labute approximate surface area is 228 Å². The third kappa shape index (κ3) is 7.81. The van der Waals surface area contributed by atoms with Crippen LogP contribution in [0.3, 0.4) is 0 Å². The molecule has 0 fully saturated rings. The zero-order valence-corrected chi connectivity index (χ0v) is 25.0. The number of thiol groups is 1. The normalized spacial score (nSPS) is 10.8. The average molecular weight is 717 g/mol. The maximum atomic E-state index is 12.2. The van der Waals surface area contributed by atoms with Gasteiger partial charge in [-0.1, -0.05) is 51.2 Å². The van der Waals surface area contributed by atoms with Crippen LogP contribution in [-0.4, -0.2) is 16.7 Å². The maximum Gasteiger partial charge on any atom is 0.218 e. The van der Waals surface area contributed by atoms with E-state index in [1.807, 2.05) is 24.3 Å². The lowest BCUT2D eigenvalue weighted by atomic mass is 10.1. The average Bonchev–Trinajstić information content (AvgIpc) is 2.74. The van der Waals surface area contributed by atoms with E-state index in [1.54, 1.807) is 0 Å². The van der Waals surface area contributed by atoms with Crippen molar-refractivity contribution in [3.8, 4) is 5.75 Å². The number of nitrogens with one attached hydrogen (secondary N) is 1. The molecule has 0 aliphatic heterocycles. The van der Waals surface area contributed by atoms with E-state index in [2.05, 4.69) is 88.6 Å². The molecule has 1 N–H and O–H groups in total. The van der Waals surface area contributed by atoms with Crippen LogP contribution in [0.2, 0.25) is 0 Å². The molecule has 2 aromatic carbocycles. The third-order valence-corrected chi connectivity index (χ3v) is 9.88. The molecule has 0 spiro atoms. The fraction of sp³-hybridized carbons (Fsp3) is 0.364. The number of anilines is 1. The zero-order chi connectivity index (χ0) is 23.0. The van der Waals surface area contributed by atoms with E-state index in [-0.39, 0.29) is 0 Å². The number of unbranched alkanes of at least 4 members (excludes halogenated alkanes) is 5. The number of thiocarbonyl (C=S) groups is 1. The Hall–Kier alpha value is 0.0700. The molecule has 0 unspecified atom stereocenters. The summed E-state index contributed by atoms with van der Waals surface area (Å²) in [6.07, 6.45) is 7.42. The molecular formula is C22H23Br4NO2S2. The molecule has 0 aromatic heterocycles. The zero-order valence-electron chi connectivity index (χ0n) is 16.9. The molecule has 0 saturated heterocycles. The highest BCUT2D eigenvalue weighted by atomic mass is 79.9. The maximum absolute atomic E-state index is 12.2. The van der Waals surface area contributed by atoms with Crippen molar-refractivity contribution in [2.24, 2.45) is 0 Å². The summed E-state index contributed by atoms with van der Waals surface area (Å²) in [7, 11) is 0. The Morgan fingerprint density at radius 1 is 0.903 bits per heavy atom. The van der Waals surface area contributed by atoms with Crippen molar-refractivity contribution in [3.05, 3.63) is 53.3 Å². The standard InChI is InChI=1S/C22H23Br4NO2S2/c1-2-3-4-5-6-7-12-29-14-10-8-13(9-11-14)27-21(30)15-16(22(28)31)18(24)20(26)19(25)17(15)23/h8-11H,2-7,12H2,1H3,(H,27,30)(H,28,31). The SMILES string of the molecule is CCCCCCCCOc1ccc(NC(=S)c2c(Br)c(Br)c(Br)c(Br)c2C(=O)S)cc1. The molecule has 168 valence electrons. The van der Waals surface area contributed by atoms with Gasteiger partial charge in [-0.15, -0.1) is 12.6 Å². The van der Waals surface area contributed by atoms with Gasteiger partial charge in [-0.05, 0) is 94.4 Å². The first kappa shape index (κ1) is 27.3. The van der Waals surface area contributed by atoms with Crippen molar-refractivity contribution in [1.29, 1.82) is 0 Å². The van der Waals surface area contributed by atoms with Crippen LogP contribution >= 0.6 is 88.6 Å². The molecule has 31 heavy (non-hydrogen) atoms. The summed E-state index contributed by atoms with van der Waals surface area (Å²) in [6, 6.07) is 7.63. The minimum Gasteiger partial charge on any atom is -0.494 e. The Morgan fingerprint density at radius 2 is 1.45 bits per heavy atom. The van der Waals surface area contributed by atoms with E-state index in [1.165, 1.54) is 32.1 Å². The number of carbonyl (C=O) groups is 1. The molecule has 0 aliphatic carbocycles. The summed E-state index contributed by atoms with van der Waals surface area (Å²) in [6.45, 7) is 2.95. The molecule has 0 radical (unpaired) electrons. The molecule has 0 atom stereocenters. The lowest BCUT2D eigenvalue weighted by Crippen LogP contribution is -2.16. The van der Waals surface area contributed by atoms with Gasteiger partial charge >= 0.3 is 0 Å². The molecule has 2 aromatic rings. The van der Waals surface area contributed by atoms with Gasteiger partial charge in [0.1, 0.15) is 10.7 Å². The van der Waals surface area contributed by atoms with Gasteiger partial charge in [0.05, 0.1) is 12.2 Å². The Kier molecular flexibility index (Phi) is 12.1. The second kappa shape index (κ2) is 13.7.